The van der Waals surface area contributed by atoms with Crippen LogP contribution in [0.1, 0.15) is 11.5 Å². The molecule has 0 saturated heterocycles. The lowest BCUT2D eigenvalue weighted by atomic mass is 10.1. The Morgan fingerprint density at radius 2 is 2.18 bits per heavy atom. The van der Waals surface area contributed by atoms with Gasteiger partial charge in [-0.1, -0.05) is 23.7 Å². The third-order valence-electron chi connectivity index (χ3n) is 2.94. The summed E-state index contributed by atoms with van der Waals surface area (Å²) in [6, 6.07) is 7.76. The summed E-state index contributed by atoms with van der Waals surface area (Å²) in [6.07, 6.45) is 0.790. The molecular formula is C13H16ClN3. The first-order valence-electron chi connectivity index (χ1n) is 5.61. The molecule has 2 rings (SSSR count). The quantitative estimate of drug-likeness (QED) is 0.909. The number of rotatable bonds is 3. The molecule has 17 heavy (non-hydrogen) atoms. The van der Waals surface area contributed by atoms with E-state index in [-0.39, 0.29) is 0 Å². The number of nitrogens with two attached hydrogens (primary N) is 1. The maximum absolute atomic E-state index is 6.00. The highest BCUT2D eigenvalue weighted by Gasteiger charge is 2.12. The van der Waals surface area contributed by atoms with Crippen LogP contribution in [0.15, 0.2) is 24.3 Å². The third-order valence-corrected chi connectivity index (χ3v) is 3.17. The van der Waals surface area contributed by atoms with Crippen molar-refractivity contribution in [1.29, 1.82) is 0 Å². The van der Waals surface area contributed by atoms with E-state index in [4.69, 9.17) is 17.3 Å². The average molecular weight is 250 g/mol. The fraction of sp³-hybridized carbons (Fsp3) is 0.308. The van der Waals surface area contributed by atoms with Crippen molar-refractivity contribution in [2.45, 2.75) is 13.3 Å². The van der Waals surface area contributed by atoms with Crippen molar-refractivity contribution in [3.05, 3.63) is 40.8 Å². The molecule has 0 fully saturated rings. The van der Waals surface area contributed by atoms with Gasteiger partial charge in [0.05, 0.1) is 5.69 Å². The minimum Gasteiger partial charge on any atom is -0.335 e. The van der Waals surface area contributed by atoms with Gasteiger partial charge in [-0.2, -0.15) is 0 Å². The Balaban J connectivity index is 2.49. The van der Waals surface area contributed by atoms with E-state index >= 15 is 0 Å². The predicted octanol–water partition coefficient (Wildman–Crippen LogP) is 2.55. The van der Waals surface area contributed by atoms with Crippen LogP contribution >= 0.6 is 11.6 Å². The molecule has 0 radical (unpaired) electrons. The highest BCUT2D eigenvalue weighted by Crippen LogP contribution is 2.25. The van der Waals surface area contributed by atoms with Crippen LogP contribution in [0.4, 0.5) is 0 Å². The molecule has 1 aromatic carbocycles. The Kier molecular flexibility index (Phi) is 3.50. The van der Waals surface area contributed by atoms with Gasteiger partial charge in [-0.15, -0.1) is 0 Å². The fourth-order valence-electron chi connectivity index (χ4n) is 1.90. The first-order valence-corrected chi connectivity index (χ1v) is 5.99. The average Bonchev–Trinajstić information content (AvgIpc) is 2.58. The van der Waals surface area contributed by atoms with E-state index in [0.29, 0.717) is 6.54 Å². The number of imidazole rings is 1. The van der Waals surface area contributed by atoms with E-state index < -0.39 is 0 Å². The molecule has 4 heteroatoms. The zero-order valence-electron chi connectivity index (χ0n) is 10.1. The summed E-state index contributed by atoms with van der Waals surface area (Å²) in [4.78, 5) is 4.63. The normalized spacial score (nSPS) is 10.8. The topological polar surface area (TPSA) is 43.8 Å². The van der Waals surface area contributed by atoms with E-state index in [2.05, 4.69) is 16.5 Å². The predicted molar refractivity (Wildman–Crippen MR) is 71.1 cm³/mol. The molecule has 2 aromatic rings. The molecule has 1 heterocycles. The fourth-order valence-corrected chi connectivity index (χ4v) is 2.09. The van der Waals surface area contributed by atoms with Crippen molar-refractivity contribution in [2.24, 2.45) is 12.8 Å². The van der Waals surface area contributed by atoms with E-state index in [1.807, 2.05) is 31.3 Å². The second-order valence-electron chi connectivity index (χ2n) is 4.07. The lowest BCUT2D eigenvalue weighted by Crippen LogP contribution is -2.08. The second kappa shape index (κ2) is 4.90. The summed E-state index contributed by atoms with van der Waals surface area (Å²) < 4.78 is 2.09. The lowest BCUT2D eigenvalue weighted by Gasteiger charge is -2.01. The molecule has 0 spiro atoms. The second-order valence-corrected chi connectivity index (χ2v) is 4.51. The summed E-state index contributed by atoms with van der Waals surface area (Å²) in [7, 11) is 2.02. The lowest BCUT2D eigenvalue weighted by molar-refractivity contribution is 0.761. The number of hydrogen-bond donors (Lipinski definition) is 1. The summed E-state index contributed by atoms with van der Waals surface area (Å²) >= 11 is 6.00. The largest absolute Gasteiger partial charge is 0.335 e. The van der Waals surface area contributed by atoms with E-state index in [9.17, 15) is 0 Å². The van der Waals surface area contributed by atoms with Gasteiger partial charge in [0.25, 0.3) is 0 Å². The number of hydrogen-bond acceptors (Lipinski definition) is 2. The van der Waals surface area contributed by atoms with Crippen LogP contribution in [-0.2, 0) is 13.5 Å². The molecule has 0 aliphatic rings. The summed E-state index contributed by atoms with van der Waals surface area (Å²) in [5.74, 6) is 1.01. The van der Waals surface area contributed by atoms with Gasteiger partial charge in [0, 0.05) is 29.7 Å². The summed E-state index contributed by atoms with van der Waals surface area (Å²) in [5, 5.41) is 0.730. The first kappa shape index (κ1) is 12.1. The van der Waals surface area contributed by atoms with Gasteiger partial charge in [0.1, 0.15) is 5.82 Å². The van der Waals surface area contributed by atoms with Crippen molar-refractivity contribution < 1.29 is 0 Å². The minimum atomic E-state index is 0.610. The van der Waals surface area contributed by atoms with Crippen LogP contribution in [0.5, 0.6) is 0 Å². The van der Waals surface area contributed by atoms with Crippen LogP contribution in [0.2, 0.25) is 5.02 Å². The first-order chi connectivity index (χ1) is 8.13. The SMILES string of the molecule is Cc1c(-c2cccc(Cl)c2)nc(CCN)n1C. The summed E-state index contributed by atoms with van der Waals surface area (Å²) in [5.41, 5.74) is 8.75. The van der Waals surface area contributed by atoms with Gasteiger partial charge in [-0.3, -0.25) is 0 Å². The summed E-state index contributed by atoms with van der Waals surface area (Å²) in [6.45, 7) is 2.67. The zero-order chi connectivity index (χ0) is 12.4. The van der Waals surface area contributed by atoms with E-state index in [1.54, 1.807) is 0 Å². The van der Waals surface area contributed by atoms with Crippen LogP contribution in [0.25, 0.3) is 11.3 Å². The highest BCUT2D eigenvalue weighted by molar-refractivity contribution is 6.30. The molecule has 1 aromatic heterocycles. The monoisotopic (exact) mass is 249 g/mol. The molecular weight excluding hydrogens is 234 g/mol. The number of benzene rings is 1. The van der Waals surface area contributed by atoms with Crippen molar-refractivity contribution in [1.82, 2.24) is 9.55 Å². The van der Waals surface area contributed by atoms with E-state index in [1.165, 1.54) is 0 Å². The van der Waals surface area contributed by atoms with Gasteiger partial charge >= 0.3 is 0 Å². The zero-order valence-corrected chi connectivity index (χ0v) is 10.8. The number of halogens is 1. The van der Waals surface area contributed by atoms with Gasteiger partial charge in [-0.05, 0) is 25.6 Å². The van der Waals surface area contributed by atoms with Crippen molar-refractivity contribution in [3.8, 4) is 11.3 Å². The molecule has 0 bridgehead atoms. The molecule has 0 atom stereocenters. The van der Waals surface area contributed by atoms with Crippen LogP contribution in [0, 0.1) is 6.92 Å². The van der Waals surface area contributed by atoms with Crippen molar-refractivity contribution >= 4 is 11.6 Å². The minimum absolute atomic E-state index is 0.610. The van der Waals surface area contributed by atoms with Crippen molar-refractivity contribution in [2.75, 3.05) is 6.54 Å². The van der Waals surface area contributed by atoms with Crippen LogP contribution in [-0.4, -0.2) is 16.1 Å². The Labute approximate surface area is 106 Å². The van der Waals surface area contributed by atoms with E-state index in [0.717, 1.165) is 34.2 Å². The highest BCUT2D eigenvalue weighted by atomic mass is 35.5. The van der Waals surface area contributed by atoms with Crippen molar-refractivity contribution in [3.63, 3.8) is 0 Å². The molecule has 0 aliphatic carbocycles. The molecule has 0 saturated carbocycles. The van der Waals surface area contributed by atoms with Gasteiger partial charge in [0.2, 0.25) is 0 Å². The molecule has 0 unspecified atom stereocenters. The van der Waals surface area contributed by atoms with Gasteiger partial charge in [-0.25, -0.2) is 4.98 Å². The molecule has 90 valence electrons. The van der Waals surface area contributed by atoms with Gasteiger partial charge < -0.3 is 10.3 Å². The molecule has 2 N–H and O–H groups in total. The van der Waals surface area contributed by atoms with Crippen LogP contribution in [0.3, 0.4) is 0 Å². The molecule has 3 nitrogen and oxygen atoms in total. The Morgan fingerprint density at radius 3 is 2.82 bits per heavy atom. The smallest absolute Gasteiger partial charge is 0.110 e. The Bertz CT molecular complexity index is 531. The number of aromatic nitrogens is 2. The Hall–Kier alpha value is -1.32. The maximum atomic E-state index is 6.00. The van der Waals surface area contributed by atoms with Gasteiger partial charge in [0.15, 0.2) is 0 Å². The third kappa shape index (κ3) is 2.35. The maximum Gasteiger partial charge on any atom is 0.110 e. The van der Waals surface area contributed by atoms with Crippen LogP contribution < -0.4 is 5.73 Å². The molecule has 0 aliphatic heterocycles. The Morgan fingerprint density at radius 1 is 1.41 bits per heavy atom. The standard InChI is InChI=1S/C13H16ClN3/c1-9-13(10-4-3-5-11(14)8-10)16-12(6-7-15)17(9)2/h3-5,8H,6-7,15H2,1-2H3. The number of nitrogens with zero attached hydrogens (tertiary/aromatic N) is 2. The molecule has 0 amide bonds.